The zero-order valence-electron chi connectivity index (χ0n) is 10.5. The second kappa shape index (κ2) is 5.80. The molecule has 96 valence electrons. The molecule has 2 nitrogen and oxygen atoms in total. The number of carbonyl (C=O) groups excluding carboxylic acids is 1. The lowest BCUT2D eigenvalue weighted by Crippen LogP contribution is -2.25. The van der Waals surface area contributed by atoms with Crippen LogP contribution in [0.5, 0.6) is 0 Å². The molecule has 1 aromatic rings. The highest BCUT2D eigenvalue weighted by molar-refractivity contribution is 5.85. The number of ketones is 1. The van der Waals surface area contributed by atoms with Gasteiger partial charge in [-0.25, -0.2) is 4.39 Å². The van der Waals surface area contributed by atoms with Crippen LogP contribution in [0.15, 0.2) is 36.5 Å². The maximum absolute atomic E-state index is 12.9. The second-order valence-corrected chi connectivity index (χ2v) is 4.85. The molecule has 0 saturated heterocycles. The van der Waals surface area contributed by atoms with E-state index < -0.39 is 0 Å². The molecule has 0 aliphatic heterocycles. The molecule has 18 heavy (non-hydrogen) atoms. The molecular weight excluding hydrogens is 229 g/mol. The molecule has 0 radical (unpaired) electrons. The number of allylic oxidation sites excluding steroid dienone is 1. The number of hydrogen-bond acceptors (Lipinski definition) is 2. The van der Waals surface area contributed by atoms with Crippen molar-refractivity contribution in [2.45, 2.75) is 26.2 Å². The molecule has 0 aromatic heterocycles. The Morgan fingerprint density at radius 2 is 2.22 bits per heavy atom. The number of rotatable bonds is 3. The van der Waals surface area contributed by atoms with Gasteiger partial charge in [-0.2, -0.15) is 0 Å². The Balaban J connectivity index is 1.93. The Morgan fingerprint density at radius 3 is 3.00 bits per heavy atom. The Morgan fingerprint density at radius 1 is 1.39 bits per heavy atom. The monoisotopic (exact) mass is 247 g/mol. The highest BCUT2D eigenvalue weighted by atomic mass is 19.1. The van der Waals surface area contributed by atoms with Crippen molar-refractivity contribution in [2.24, 2.45) is 11.8 Å². The van der Waals surface area contributed by atoms with Crippen LogP contribution in [0.1, 0.15) is 26.2 Å². The van der Waals surface area contributed by atoms with E-state index in [1.165, 1.54) is 12.1 Å². The largest absolute Gasteiger partial charge is 0.362 e. The molecule has 1 aromatic carbocycles. The maximum Gasteiger partial charge on any atom is 0.142 e. The number of hydrogen-bond donors (Lipinski definition) is 1. The van der Waals surface area contributed by atoms with E-state index in [-0.39, 0.29) is 17.7 Å². The normalized spacial score (nSPS) is 24.4. The summed E-state index contributed by atoms with van der Waals surface area (Å²) in [6.07, 6.45) is 6.66. The summed E-state index contributed by atoms with van der Waals surface area (Å²) in [4.78, 5) is 11.9. The van der Waals surface area contributed by atoms with Crippen LogP contribution in [0.25, 0.3) is 0 Å². The topological polar surface area (TPSA) is 29.1 Å². The smallest absolute Gasteiger partial charge is 0.142 e. The minimum atomic E-state index is -0.268. The van der Waals surface area contributed by atoms with Crippen LogP contribution >= 0.6 is 0 Å². The van der Waals surface area contributed by atoms with Gasteiger partial charge in [0.1, 0.15) is 11.6 Å². The standard InChI is InChI=1S/C15H18FNO/c1-11-4-2-5-12(15(11)18)8-9-17-14-7-3-6-13(16)10-14/h3,6-12,17H,2,4-5H2,1H3/b9-8+. The van der Waals surface area contributed by atoms with Crippen molar-refractivity contribution < 1.29 is 9.18 Å². The van der Waals surface area contributed by atoms with E-state index in [2.05, 4.69) is 5.32 Å². The molecule has 0 bridgehead atoms. The summed E-state index contributed by atoms with van der Waals surface area (Å²) < 4.78 is 12.9. The van der Waals surface area contributed by atoms with Crippen molar-refractivity contribution in [1.29, 1.82) is 0 Å². The average molecular weight is 247 g/mol. The van der Waals surface area contributed by atoms with E-state index in [9.17, 15) is 9.18 Å². The van der Waals surface area contributed by atoms with Gasteiger partial charge in [0.25, 0.3) is 0 Å². The summed E-state index contributed by atoms with van der Waals surface area (Å²) in [5.74, 6) is 0.228. The second-order valence-electron chi connectivity index (χ2n) is 4.85. The van der Waals surface area contributed by atoms with E-state index in [0.29, 0.717) is 11.5 Å². The highest BCUT2D eigenvalue weighted by Crippen LogP contribution is 2.26. The van der Waals surface area contributed by atoms with Crippen LogP contribution in [0.3, 0.4) is 0 Å². The summed E-state index contributed by atoms with van der Waals surface area (Å²) in [6, 6.07) is 6.27. The number of Topliss-reactive ketones (excluding diaryl/α,β-unsaturated/α-hetero) is 1. The number of carbonyl (C=O) groups is 1. The van der Waals surface area contributed by atoms with Crippen LogP contribution < -0.4 is 5.32 Å². The van der Waals surface area contributed by atoms with Gasteiger partial charge in [-0.15, -0.1) is 0 Å². The Bertz CT molecular complexity index is 456. The molecule has 1 aliphatic carbocycles. The number of halogens is 1. The summed E-state index contributed by atoms with van der Waals surface area (Å²) in [5.41, 5.74) is 0.697. The van der Waals surface area contributed by atoms with Crippen LogP contribution in [0, 0.1) is 17.7 Å². The molecule has 1 saturated carbocycles. The molecule has 1 N–H and O–H groups in total. The predicted molar refractivity (Wildman–Crippen MR) is 70.7 cm³/mol. The minimum absolute atomic E-state index is 0.00908. The predicted octanol–water partition coefficient (Wildman–Crippen LogP) is 3.76. The molecule has 1 fully saturated rings. The van der Waals surface area contributed by atoms with Gasteiger partial charge in [0.2, 0.25) is 0 Å². The van der Waals surface area contributed by atoms with Gasteiger partial charge in [-0.1, -0.05) is 25.5 Å². The summed E-state index contributed by atoms with van der Waals surface area (Å²) in [6.45, 7) is 1.99. The third-order valence-corrected chi connectivity index (χ3v) is 3.41. The van der Waals surface area contributed by atoms with E-state index in [1.807, 2.05) is 13.0 Å². The van der Waals surface area contributed by atoms with Crippen molar-refractivity contribution in [2.75, 3.05) is 5.32 Å². The lowest BCUT2D eigenvalue weighted by atomic mass is 9.81. The Hall–Kier alpha value is -1.64. The first kappa shape index (κ1) is 12.8. The van der Waals surface area contributed by atoms with Gasteiger partial charge in [0, 0.05) is 17.5 Å². The van der Waals surface area contributed by atoms with Gasteiger partial charge in [-0.05, 0) is 37.2 Å². The maximum atomic E-state index is 12.9. The SMILES string of the molecule is CC1CCCC(/C=C/Nc2cccc(F)c2)C1=O. The third kappa shape index (κ3) is 3.19. The zero-order chi connectivity index (χ0) is 13.0. The van der Waals surface area contributed by atoms with E-state index in [0.717, 1.165) is 19.3 Å². The van der Waals surface area contributed by atoms with Crippen molar-refractivity contribution in [3.05, 3.63) is 42.4 Å². The number of anilines is 1. The fourth-order valence-electron chi connectivity index (χ4n) is 2.32. The third-order valence-electron chi connectivity index (χ3n) is 3.41. The Kier molecular flexibility index (Phi) is 4.13. The fraction of sp³-hybridized carbons (Fsp3) is 0.400. The first-order valence-corrected chi connectivity index (χ1v) is 6.39. The molecule has 0 amide bonds. The van der Waals surface area contributed by atoms with Crippen LogP contribution in [0.2, 0.25) is 0 Å². The lowest BCUT2D eigenvalue weighted by Gasteiger charge is -2.22. The first-order chi connectivity index (χ1) is 8.66. The van der Waals surface area contributed by atoms with Gasteiger partial charge in [0.15, 0.2) is 0 Å². The number of benzene rings is 1. The van der Waals surface area contributed by atoms with Gasteiger partial charge < -0.3 is 5.32 Å². The van der Waals surface area contributed by atoms with Crippen LogP contribution in [-0.2, 0) is 4.79 Å². The van der Waals surface area contributed by atoms with E-state index in [1.54, 1.807) is 18.3 Å². The molecule has 0 spiro atoms. The summed E-state index contributed by atoms with van der Waals surface area (Å²) in [7, 11) is 0. The molecule has 2 unspecified atom stereocenters. The van der Waals surface area contributed by atoms with Gasteiger partial charge >= 0.3 is 0 Å². The highest BCUT2D eigenvalue weighted by Gasteiger charge is 2.25. The van der Waals surface area contributed by atoms with E-state index >= 15 is 0 Å². The molecule has 2 atom stereocenters. The number of nitrogens with one attached hydrogen (secondary N) is 1. The van der Waals surface area contributed by atoms with Crippen LogP contribution in [-0.4, -0.2) is 5.78 Å². The van der Waals surface area contributed by atoms with Crippen LogP contribution in [0.4, 0.5) is 10.1 Å². The van der Waals surface area contributed by atoms with Crippen molar-refractivity contribution in [3.63, 3.8) is 0 Å². The molecule has 1 aliphatic rings. The lowest BCUT2D eigenvalue weighted by molar-refractivity contribution is -0.126. The zero-order valence-corrected chi connectivity index (χ0v) is 10.5. The molecule has 3 heteroatoms. The quantitative estimate of drug-likeness (QED) is 0.881. The van der Waals surface area contributed by atoms with Gasteiger partial charge in [-0.3, -0.25) is 4.79 Å². The minimum Gasteiger partial charge on any atom is -0.362 e. The molecular formula is C15H18FNO. The van der Waals surface area contributed by atoms with Crippen molar-refractivity contribution in [1.82, 2.24) is 0 Å². The average Bonchev–Trinajstić information content (AvgIpc) is 2.35. The summed E-state index contributed by atoms with van der Waals surface area (Å²) >= 11 is 0. The molecule has 2 rings (SSSR count). The molecule has 0 heterocycles. The summed E-state index contributed by atoms with van der Waals surface area (Å²) in [5, 5.41) is 3.00. The Labute approximate surface area is 107 Å². The van der Waals surface area contributed by atoms with Crippen molar-refractivity contribution >= 4 is 11.5 Å². The van der Waals surface area contributed by atoms with Gasteiger partial charge in [0.05, 0.1) is 0 Å². The first-order valence-electron chi connectivity index (χ1n) is 6.39. The van der Waals surface area contributed by atoms with Crippen molar-refractivity contribution in [3.8, 4) is 0 Å². The van der Waals surface area contributed by atoms with E-state index in [4.69, 9.17) is 0 Å². The fourth-order valence-corrected chi connectivity index (χ4v) is 2.32.